The minimum Gasteiger partial charge on any atom is -0.493 e. The third kappa shape index (κ3) is 3.82. The third-order valence-corrected chi connectivity index (χ3v) is 6.28. The number of fused-ring (bicyclic) bond motifs is 2. The first-order valence-corrected chi connectivity index (χ1v) is 11.0. The van der Waals surface area contributed by atoms with Gasteiger partial charge in [0.05, 0.1) is 46.2 Å². The zero-order valence-electron chi connectivity index (χ0n) is 19.3. The molecule has 0 N–H and O–H groups in total. The van der Waals surface area contributed by atoms with Crippen molar-refractivity contribution in [3.05, 3.63) is 35.9 Å². The number of thiophene rings is 1. The summed E-state index contributed by atoms with van der Waals surface area (Å²) in [6.45, 7) is 13.0. The van der Waals surface area contributed by atoms with E-state index < -0.39 is 0 Å². The van der Waals surface area contributed by atoms with E-state index in [1.165, 1.54) is 0 Å². The van der Waals surface area contributed by atoms with Gasteiger partial charge in [0.2, 0.25) is 0 Å². The molecule has 0 atom stereocenters. The number of hydrogen-bond donors (Lipinski definition) is 0. The molecule has 0 spiro atoms. The lowest BCUT2D eigenvalue weighted by atomic mass is 9.89. The molecule has 0 bridgehead atoms. The van der Waals surface area contributed by atoms with E-state index in [4.69, 9.17) is 19.4 Å². The average molecular weight is 437 g/mol. The number of rotatable bonds is 3. The molecule has 3 heterocycles. The number of methoxy groups -OCH3 is 2. The smallest absolute Gasteiger partial charge is 0.170 e. The summed E-state index contributed by atoms with van der Waals surface area (Å²) >= 11 is 1.64. The van der Waals surface area contributed by atoms with Gasteiger partial charge in [-0.1, -0.05) is 41.5 Å². The van der Waals surface area contributed by atoms with Gasteiger partial charge in [-0.3, -0.25) is 0 Å². The van der Waals surface area contributed by atoms with Crippen molar-refractivity contribution < 1.29 is 9.47 Å². The molecule has 0 unspecified atom stereocenters. The molecule has 3 aromatic heterocycles. The monoisotopic (exact) mass is 436 g/mol. The van der Waals surface area contributed by atoms with Crippen LogP contribution in [0.2, 0.25) is 0 Å². The third-order valence-electron chi connectivity index (χ3n) is 5.15. The number of aromatic nitrogens is 4. The van der Waals surface area contributed by atoms with Gasteiger partial charge in [0.25, 0.3) is 0 Å². The van der Waals surface area contributed by atoms with Crippen molar-refractivity contribution in [2.75, 3.05) is 14.2 Å². The van der Waals surface area contributed by atoms with E-state index in [-0.39, 0.29) is 10.8 Å². The van der Waals surface area contributed by atoms with E-state index in [2.05, 4.69) is 57.6 Å². The second-order valence-corrected chi connectivity index (χ2v) is 10.7. The average Bonchev–Trinajstić information content (AvgIpc) is 3.14. The molecule has 6 nitrogen and oxygen atoms in total. The molecule has 0 aliphatic rings. The summed E-state index contributed by atoms with van der Waals surface area (Å²) in [6, 6.07) is 5.94. The molecule has 0 radical (unpaired) electrons. The van der Waals surface area contributed by atoms with Gasteiger partial charge in [-0.25, -0.2) is 19.9 Å². The van der Waals surface area contributed by atoms with E-state index in [0.717, 1.165) is 37.4 Å². The van der Waals surface area contributed by atoms with Gasteiger partial charge in [-0.15, -0.1) is 11.3 Å². The molecule has 0 fully saturated rings. The van der Waals surface area contributed by atoms with Crippen molar-refractivity contribution in [2.45, 2.75) is 52.4 Å². The van der Waals surface area contributed by atoms with Gasteiger partial charge in [0.1, 0.15) is 6.33 Å². The normalized spacial score (nSPS) is 12.5. The van der Waals surface area contributed by atoms with E-state index in [1.54, 1.807) is 31.9 Å². The van der Waals surface area contributed by atoms with Crippen LogP contribution in [0, 0.1) is 0 Å². The summed E-state index contributed by atoms with van der Waals surface area (Å²) in [4.78, 5) is 20.0. The van der Waals surface area contributed by atoms with Crippen LogP contribution in [0.25, 0.3) is 31.8 Å². The fourth-order valence-electron chi connectivity index (χ4n) is 3.64. The second kappa shape index (κ2) is 7.41. The highest BCUT2D eigenvalue weighted by Gasteiger charge is 2.25. The fraction of sp³-hybridized carbons (Fsp3) is 0.417. The van der Waals surface area contributed by atoms with Crippen LogP contribution in [-0.2, 0) is 10.8 Å². The maximum atomic E-state index is 5.52. The number of ether oxygens (including phenoxy) is 2. The Labute approximate surface area is 186 Å². The number of benzene rings is 1. The van der Waals surface area contributed by atoms with E-state index in [9.17, 15) is 0 Å². The first-order chi connectivity index (χ1) is 14.5. The maximum absolute atomic E-state index is 5.52. The van der Waals surface area contributed by atoms with E-state index in [0.29, 0.717) is 17.3 Å². The van der Waals surface area contributed by atoms with Crippen LogP contribution in [0.3, 0.4) is 0 Å². The van der Waals surface area contributed by atoms with Crippen molar-refractivity contribution in [3.63, 3.8) is 0 Å². The fourth-order valence-corrected chi connectivity index (χ4v) is 4.88. The Morgan fingerprint density at radius 3 is 2.00 bits per heavy atom. The van der Waals surface area contributed by atoms with Crippen LogP contribution >= 0.6 is 11.3 Å². The lowest BCUT2D eigenvalue weighted by molar-refractivity contribution is 0.355. The Morgan fingerprint density at radius 2 is 1.39 bits per heavy atom. The van der Waals surface area contributed by atoms with Crippen molar-refractivity contribution in [1.29, 1.82) is 0 Å². The maximum Gasteiger partial charge on any atom is 0.170 e. The van der Waals surface area contributed by atoms with Crippen LogP contribution in [0.15, 0.2) is 24.5 Å². The summed E-state index contributed by atoms with van der Waals surface area (Å²) in [6.07, 6.45) is 1.64. The minimum atomic E-state index is -0.178. The minimum absolute atomic E-state index is 0.0754. The van der Waals surface area contributed by atoms with Crippen LogP contribution in [0.4, 0.5) is 0 Å². The van der Waals surface area contributed by atoms with E-state index >= 15 is 0 Å². The van der Waals surface area contributed by atoms with Crippen molar-refractivity contribution in [1.82, 2.24) is 19.9 Å². The molecule has 0 saturated heterocycles. The molecule has 4 rings (SSSR count). The van der Waals surface area contributed by atoms with Gasteiger partial charge >= 0.3 is 0 Å². The summed E-state index contributed by atoms with van der Waals surface area (Å²) in [7, 11) is 3.27. The second-order valence-electron chi connectivity index (χ2n) is 9.67. The Balaban J connectivity index is 2.00. The Kier molecular flexibility index (Phi) is 5.12. The first kappa shape index (κ1) is 21.4. The van der Waals surface area contributed by atoms with Gasteiger partial charge in [0, 0.05) is 22.3 Å². The summed E-state index contributed by atoms with van der Waals surface area (Å²) < 4.78 is 12.1. The van der Waals surface area contributed by atoms with Gasteiger partial charge < -0.3 is 9.47 Å². The van der Waals surface area contributed by atoms with Crippen LogP contribution in [0.1, 0.15) is 52.9 Å². The van der Waals surface area contributed by atoms with Gasteiger partial charge in [-0.2, -0.15) is 0 Å². The Bertz CT molecular complexity index is 1280. The van der Waals surface area contributed by atoms with Gasteiger partial charge in [0.15, 0.2) is 17.3 Å². The quantitative estimate of drug-likeness (QED) is 0.397. The van der Waals surface area contributed by atoms with Crippen molar-refractivity contribution in [2.24, 2.45) is 0 Å². The highest BCUT2D eigenvalue weighted by atomic mass is 32.1. The molecule has 1 aromatic carbocycles. The van der Waals surface area contributed by atoms with Crippen LogP contribution < -0.4 is 9.47 Å². The zero-order valence-corrected chi connectivity index (χ0v) is 20.1. The van der Waals surface area contributed by atoms with Crippen molar-refractivity contribution in [3.8, 4) is 22.2 Å². The molecule has 0 aliphatic carbocycles. The molecule has 4 aromatic rings. The molecule has 7 heteroatoms. The van der Waals surface area contributed by atoms with Gasteiger partial charge in [-0.05, 0) is 12.1 Å². The number of nitrogens with zero attached hydrogens (tertiary/aromatic N) is 4. The molecule has 0 saturated carbocycles. The Morgan fingerprint density at radius 1 is 0.742 bits per heavy atom. The van der Waals surface area contributed by atoms with Crippen molar-refractivity contribution >= 4 is 32.5 Å². The zero-order chi connectivity index (χ0) is 22.6. The predicted octanol–water partition coefficient (Wildman–Crippen LogP) is 5.91. The molecular formula is C24H28N4O2S. The highest BCUT2D eigenvalue weighted by Crippen LogP contribution is 2.40. The lowest BCUT2D eigenvalue weighted by Crippen LogP contribution is -2.15. The lowest BCUT2D eigenvalue weighted by Gasteiger charge is -2.21. The molecule has 0 aliphatic heterocycles. The first-order valence-electron chi connectivity index (χ1n) is 10.2. The van der Waals surface area contributed by atoms with Crippen LogP contribution in [-0.4, -0.2) is 34.2 Å². The molecular weight excluding hydrogens is 408 g/mol. The number of hydrogen-bond acceptors (Lipinski definition) is 7. The molecule has 162 valence electrons. The predicted molar refractivity (Wildman–Crippen MR) is 126 cm³/mol. The van der Waals surface area contributed by atoms with Crippen LogP contribution in [0.5, 0.6) is 11.5 Å². The Hall–Kier alpha value is -2.80. The topological polar surface area (TPSA) is 70.0 Å². The molecule has 31 heavy (non-hydrogen) atoms. The largest absolute Gasteiger partial charge is 0.493 e. The summed E-state index contributed by atoms with van der Waals surface area (Å²) in [5.74, 6) is 2.01. The molecule has 0 amide bonds. The van der Waals surface area contributed by atoms with E-state index in [1.807, 2.05) is 12.1 Å². The SMILES string of the molecule is COc1cc2nc(-c3cc4ncnc(C(C)(C)C)c4s3)nc(C(C)(C)C)c2cc1OC. The standard InChI is InChI=1S/C24H28N4O2S/c1-23(2,3)20-13-9-16(29-7)17(30-8)10-14(13)27-22(28-20)18-11-15-19(31-18)21(24(4,5)6)26-12-25-15/h9-12H,1-8H3. The summed E-state index contributed by atoms with van der Waals surface area (Å²) in [5.41, 5.74) is 3.50. The highest BCUT2D eigenvalue weighted by molar-refractivity contribution is 7.22. The summed E-state index contributed by atoms with van der Waals surface area (Å²) in [5, 5.41) is 0.963.